The van der Waals surface area contributed by atoms with Gasteiger partial charge in [-0.05, 0) is 0 Å². The van der Waals surface area contributed by atoms with E-state index in [0.29, 0.717) is 0 Å². The van der Waals surface area contributed by atoms with Crippen molar-refractivity contribution in [2.75, 3.05) is 14.2 Å². The maximum atomic E-state index is 11.5. The zero-order chi connectivity index (χ0) is 13.7. The van der Waals surface area contributed by atoms with Crippen molar-refractivity contribution in [1.29, 1.82) is 5.26 Å². The summed E-state index contributed by atoms with van der Waals surface area (Å²) >= 11 is 0. The molecule has 18 heavy (non-hydrogen) atoms. The summed E-state index contributed by atoms with van der Waals surface area (Å²) < 4.78 is 9.83. The molecule has 1 aromatic carbocycles. The van der Waals surface area contributed by atoms with Crippen molar-refractivity contribution in [2.24, 2.45) is 0 Å². The summed E-state index contributed by atoms with van der Waals surface area (Å²) in [6.07, 6.45) is 1.40. The van der Waals surface area contributed by atoms with E-state index < -0.39 is 16.5 Å². The third-order valence-corrected chi connectivity index (χ3v) is 2.11. The Morgan fingerprint density at radius 2 is 1.94 bits per heavy atom. The van der Waals surface area contributed by atoms with Gasteiger partial charge < -0.3 is 9.47 Å². The number of ether oxygens (including phenoxy) is 2. The molecule has 0 atom stereocenters. The van der Waals surface area contributed by atoms with Gasteiger partial charge in [0.1, 0.15) is 5.56 Å². The minimum Gasteiger partial charge on any atom is -0.493 e. The molecule has 0 saturated heterocycles. The van der Waals surface area contributed by atoms with Crippen LogP contribution in [0.1, 0.15) is 10.4 Å². The van der Waals surface area contributed by atoms with Crippen LogP contribution in [0.3, 0.4) is 0 Å². The van der Waals surface area contributed by atoms with Crippen LogP contribution in [-0.2, 0) is 0 Å². The molecule has 0 aliphatic heterocycles. The lowest BCUT2D eigenvalue weighted by atomic mass is 10.1. The lowest BCUT2D eigenvalue weighted by molar-refractivity contribution is -0.385. The smallest absolute Gasteiger partial charge is 0.286 e. The van der Waals surface area contributed by atoms with Gasteiger partial charge in [-0.3, -0.25) is 20.2 Å². The Morgan fingerprint density at radius 3 is 2.39 bits per heavy atom. The van der Waals surface area contributed by atoms with Crippen LogP contribution in [0.5, 0.6) is 11.5 Å². The molecule has 0 bridgehead atoms. The Bertz CT molecular complexity index is 535. The number of nitriles is 1. The van der Waals surface area contributed by atoms with E-state index in [1.54, 1.807) is 0 Å². The van der Waals surface area contributed by atoms with Gasteiger partial charge in [0.05, 0.1) is 25.2 Å². The first-order valence-electron chi connectivity index (χ1n) is 4.65. The SMILES string of the molecule is COc1cc(C(=O)NC#N)c([N+](=O)[O-])cc1OC. The molecule has 1 rings (SSSR count). The number of hydrogen-bond acceptors (Lipinski definition) is 6. The van der Waals surface area contributed by atoms with Gasteiger partial charge in [-0.2, -0.15) is 5.26 Å². The Morgan fingerprint density at radius 1 is 1.39 bits per heavy atom. The molecule has 0 unspecified atom stereocenters. The average molecular weight is 251 g/mol. The summed E-state index contributed by atoms with van der Waals surface area (Å²) in [7, 11) is 2.65. The van der Waals surface area contributed by atoms with Crippen LogP contribution in [0.4, 0.5) is 5.69 Å². The van der Waals surface area contributed by atoms with Crippen LogP contribution in [0.15, 0.2) is 12.1 Å². The Balaban J connectivity index is 3.43. The molecule has 0 aromatic heterocycles. The summed E-state index contributed by atoms with van der Waals surface area (Å²) in [6.45, 7) is 0. The number of hydrogen-bond donors (Lipinski definition) is 1. The number of nitrogens with one attached hydrogen (secondary N) is 1. The predicted molar refractivity (Wildman–Crippen MR) is 59.3 cm³/mol. The first-order valence-corrected chi connectivity index (χ1v) is 4.65. The third kappa shape index (κ3) is 2.46. The summed E-state index contributed by atoms with van der Waals surface area (Å²) in [5, 5.41) is 21.0. The number of nitro benzene ring substituents is 1. The van der Waals surface area contributed by atoms with Crippen molar-refractivity contribution in [3.05, 3.63) is 27.8 Å². The van der Waals surface area contributed by atoms with Gasteiger partial charge in [0.25, 0.3) is 11.6 Å². The summed E-state index contributed by atoms with van der Waals surface area (Å²) in [4.78, 5) is 21.6. The number of carbonyl (C=O) groups excluding carboxylic acids is 1. The van der Waals surface area contributed by atoms with Crippen molar-refractivity contribution >= 4 is 11.6 Å². The van der Waals surface area contributed by atoms with E-state index in [-0.39, 0.29) is 17.1 Å². The molecule has 1 N–H and O–H groups in total. The molecule has 0 spiro atoms. The summed E-state index contributed by atoms with van der Waals surface area (Å²) in [5.41, 5.74) is -0.750. The zero-order valence-corrected chi connectivity index (χ0v) is 9.59. The highest BCUT2D eigenvalue weighted by atomic mass is 16.6. The number of benzene rings is 1. The Labute approximate surface area is 102 Å². The highest BCUT2D eigenvalue weighted by Crippen LogP contribution is 2.34. The van der Waals surface area contributed by atoms with Gasteiger partial charge in [0.2, 0.25) is 0 Å². The number of nitro groups is 1. The molecule has 0 fully saturated rings. The van der Waals surface area contributed by atoms with Crippen LogP contribution >= 0.6 is 0 Å². The fourth-order valence-corrected chi connectivity index (χ4v) is 1.32. The lowest BCUT2D eigenvalue weighted by Crippen LogP contribution is -2.19. The van der Waals surface area contributed by atoms with Crippen molar-refractivity contribution in [1.82, 2.24) is 5.32 Å². The van der Waals surface area contributed by atoms with Crippen molar-refractivity contribution in [2.45, 2.75) is 0 Å². The number of methoxy groups -OCH3 is 2. The highest BCUT2D eigenvalue weighted by molar-refractivity contribution is 5.99. The van der Waals surface area contributed by atoms with Gasteiger partial charge in [-0.25, -0.2) is 0 Å². The number of amides is 1. The molecule has 0 aliphatic rings. The molecular weight excluding hydrogens is 242 g/mol. The van der Waals surface area contributed by atoms with E-state index in [1.807, 2.05) is 5.32 Å². The van der Waals surface area contributed by atoms with Crippen LogP contribution in [-0.4, -0.2) is 25.1 Å². The molecule has 8 nitrogen and oxygen atoms in total. The minimum atomic E-state index is -0.884. The van der Waals surface area contributed by atoms with Crippen LogP contribution < -0.4 is 14.8 Å². The second-order valence-corrected chi connectivity index (χ2v) is 3.05. The van der Waals surface area contributed by atoms with Crippen LogP contribution in [0.25, 0.3) is 0 Å². The molecule has 1 amide bonds. The first-order chi connectivity index (χ1) is 8.54. The van der Waals surface area contributed by atoms with Crippen molar-refractivity contribution < 1.29 is 19.2 Å². The summed E-state index contributed by atoms with van der Waals surface area (Å²) in [6, 6.07) is 2.20. The Kier molecular flexibility index (Phi) is 4.04. The van der Waals surface area contributed by atoms with Crippen LogP contribution in [0.2, 0.25) is 0 Å². The second kappa shape index (κ2) is 5.49. The fraction of sp³-hybridized carbons (Fsp3) is 0.200. The second-order valence-electron chi connectivity index (χ2n) is 3.05. The monoisotopic (exact) mass is 251 g/mol. The minimum absolute atomic E-state index is 0.123. The molecule has 0 radical (unpaired) electrons. The molecule has 1 aromatic rings. The molecule has 0 aliphatic carbocycles. The predicted octanol–water partition coefficient (Wildman–Crippen LogP) is 0.823. The quantitative estimate of drug-likeness (QED) is 0.366. The van der Waals surface area contributed by atoms with Gasteiger partial charge >= 0.3 is 0 Å². The van der Waals surface area contributed by atoms with Crippen LogP contribution in [0, 0.1) is 21.6 Å². The number of carbonyl (C=O) groups is 1. The van der Waals surface area contributed by atoms with E-state index in [0.717, 1.165) is 12.1 Å². The number of nitrogens with zero attached hydrogens (tertiary/aromatic N) is 2. The first kappa shape index (κ1) is 13.2. The lowest BCUT2D eigenvalue weighted by Gasteiger charge is -2.09. The average Bonchev–Trinajstić information content (AvgIpc) is 2.37. The number of rotatable bonds is 4. The normalized spacial score (nSPS) is 9.17. The van der Waals surface area contributed by atoms with E-state index in [1.165, 1.54) is 20.4 Å². The van der Waals surface area contributed by atoms with Gasteiger partial charge in [0, 0.05) is 6.07 Å². The Hall–Kier alpha value is -2.82. The van der Waals surface area contributed by atoms with E-state index in [9.17, 15) is 14.9 Å². The zero-order valence-electron chi connectivity index (χ0n) is 9.59. The van der Waals surface area contributed by atoms with Gasteiger partial charge in [-0.1, -0.05) is 0 Å². The topological polar surface area (TPSA) is 114 Å². The van der Waals surface area contributed by atoms with Gasteiger partial charge in [-0.15, -0.1) is 0 Å². The molecular formula is C10H9N3O5. The maximum Gasteiger partial charge on any atom is 0.286 e. The summed E-state index contributed by atoms with van der Waals surface area (Å²) in [5.74, 6) is -0.603. The van der Waals surface area contributed by atoms with Crippen molar-refractivity contribution in [3.63, 3.8) is 0 Å². The molecule has 0 heterocycles. The maximum absolute atomic E-state index is 11.5. The van der Waals surface area contributed by atoms with Gasteiger partial charge in [0.15, 0.2) is 17.7 Å². The van der Waals surface area contributed by atoms with E-state index >= 15 is 0 Å². The fourth-order valence-electron chi connectivity index (χ4n) is 1.32. The largest absolute Gasteiger partial charge is 0.493 e. The molecule has 8 heteroatoms. The molecule has 94 valence electrons. The van der Waals surface area contributed by atoms with E-state index in [2.05, 4.69) is 0 Å². The standard InChI is InChI=1S/C10H9N3O5/c1-17-8-3-6(10(14)12-5-11)7(13(15)16)4-9(8)18-2/h3-4H,1-2H3,(H,12,14). The van der Waals surface area contributed by atoms with Crippen molar-refractivity contribution in [3.8, 4) is 17.7 Å². The van der Waals surface area contributed by atoms with E-state index in [4.69, 9.17) is 14.7 Å². The highest BCUT2D eigenvalue weighted by Gasteiger charge is 2.24. The third-order valence-electron chi connectivity index (χ3n) is 2.11. The molecule has 0 saturated carbocycles.